The van der Waals surface area contributed by atoms with Crippen LogP contribution >= 0.6 is 0 Å². The van der Waals surface area contributed by atoms with E-state index in [0.29, 0.717) is 31.7 Å². The average molecular weight is 549 g/mol. The lowest BCUT2D eigenvalue weighted by Gasteiger charge is -2.38. The van der Waals surface area contributed by atoms with Gasteiger partial charge in [0, 0.05) is 55.4 Å². The zero-order valence-corrected chi connectivity index (χ0v) is 25.2. The summed E-state index contributed by atoms with van der Waals surface area (Å²) in [6, 6.07) is 6.84. The summed E-state index contributed by atoms with van der Waals surface area (Å²) >= 11 is 0. The van der Waals surface area contributed by atoms with E-state index in [1.807, 2.05) is 65.2 Å². The first-order valence-corrected chi connectivity index (χ1v) is 13.9. The predicted molar refractivity (Wildman–Crippen MR) is 162 cm³/mol. The van der Waals surface area contributed by atoms with Crippen molar-refractivity contribution in [2.24, 2.45) is 0 Å². The normalized spacial score (nSPS) is 15.1. The van der Waals surface area contributed by atoms with Gasteiger partial charge in [0.15, 0.2) is 0 Å². The van der Waals surface area contributed by atoms with Crippen LogP contribution in [0.25, 0.3) is 5.57 Å². The minimum atomic E-state index is -0.510. The van der Waals surface area contributed by atoms with E-state index in [1.54, 1.807) is 29.4 Å². The molecule has 0 unspecified atom stereocenters. The SMILES string of the molecule is C=C\C=C(C)/C(=C(\C)N1CCN(C(=O)OC(C)(C)C)CC1)C(=C\C)/c1ccccc1F.CCCc1cncnc1. The van der Waals surface area contributed by atoms with Crippen LogP contribution in [0, 0.1) is 5.82 Å². The van der Waals surface area contributed by atoms with Crippen LogP contribution in [0.15, 0.2) is 84.6 Å². The number of ether oxygens (including phenoxy) is 1. The third-order valence-corrected chi connectivity index (χ3v) is 6.40. The van der Waals surface area contributed by atoms with Crippen molar-refractivity contribution in [2.45, 2.75) is 66.9 Å². The molecule has 3 rings (SSSR count). The van der Waals surface area contributed by atoms with E-state index < -0.39 is 5.60 Å². The topological polar surface area (TPSA) is 58.6 Å². The number of aromatic nitrogens is 2. The van der Waals surface area contributed by atoms with Crippen LogP contribution < -0.4 is 0 Å². The first kappa shape index (κ1) is 32.5. The molecule has 216 valence electrons. The van der Waals surface area contributed by atoms with Crippen LogP contribution in [0.4, 0.5) is 9.18 Å². The van der Waals surface area contributed by atoms with Gasteiger partial charge in [-0.25, -0.2) is 19.2 Å². The van der Waals surface area contributed by atoms with Gasteiger partial charge in [-0.05, 0) is 70.7 Å². The van der Waals surface area contributed by atoms with Gasteiger partial charge in [0.2, 0.25) is 0 Å². The lowest BCUT2D eigenvalue weighted by Crippen LogP contribution is -2.49. The second-order valence-electron chi connectivity index (χ2n) is 10.7. The fourth-order valence-corrected chi connectivity index (χ4v) is 4.52. The van der Waals surface area contributed by atoms with Gasteiger partial charge in [-0.1, -0.05) is 56.4 Å². The summed E-state index contributed by atoms with van der Waals surface area (Å²) in [5, 5.41) is 0. The molecule has 40 heavy (non-hydrogen) atoms. The molecule has 0 spiro atoms. The molecule has 0 radical (unpaired) electrons. The van der Waals surface area contributed by atoms with Crippen molar-refractivity contribution in [1.82, 2.24) is 19.8 Å². The highest BCUT2D eigenvalue weighted by Gasteiger charge is 2.27. The van der Waals surface area contributed by atoms with Crippen LogP contribution in [0.2, 0.25) is 0 Å². The number of amides is 1. The van der Waals surface area contributed by atoms with E-state index in [1.165, 1.54) is 11.6 Å². The molecule has 2 aromatic rings. The number of benzene rings is 1. The molecule has 0 bridgehead atoms. The highest BCUT2D eigenvalue weighted by Crippen LogP contribution is 2.34. The number of carbonyl (C=O) groups is 1. The highest BCUT2D eigenvalue weighted by atomic mass is 19.1. The van der Waals surface area contributed by atoms with Crippen molar-refractivity contribution in [3.8, 4) is 0 Å². The van der Waals surface area contributed by atoms with Gasteiger partial charge < -0.3 is 14.5 Å². The fraction of sp³-hybridized carbons (Fsp3) is 0.424. The molecule has 1 aliphatic rings. The van der Waals surface area contributed by atoms with E-state index in [-0.39, 0.29) is 11.9 Å². The standard InChI is InChI=1S/C26H35FN2O2.C7H10N2/c1-8-12-19(3)24(21(9-2)22-13-10-11-14-23(22)27)20(4)28-15-17-29(18-16-28)25(30)31-26(5,6)7;1-2-3-7-4-8-6-9-5-7/h8-14H,1,15-18H2,2-7H3;4-6H,2-3H2,1H3/b19-12-,21-9-,24-20-;. The fourth-order valence-electron chi connectivity index (χ4n) is 4.52. The number of allylic oxidation sites excluding steroid dienone is 7. The molecule has 0 atom stereocenters. The Bertz CT molecular complexity index is 1200. The molecule has 1 aliphatic heterocycles. The average Bonchev–Trinajstić information content (AvgIpc) is 2.92. The summed E-state index contributed by atoms with van der Waals surface area (Å²) in [5.41, 5.74) is 5.18. The number of halogens is 1. The molecule has 7 heteroatoms. The van der Waals surface area contributed by atoms with E-state index in [4.69, 9.17) is 4.74 Å². The molecular weight excluding hydrogens is 503 g/mol. The summed E-state index contributed by atoms with van der Waals surface area (Å²) < 4.78 is 20.1. The van der Waals surface area contributed by atoms with E-state index in [9.17, 15) is 9.18 Å². The van der Waals surface area contributed by atoms with E-state index in [2.05, 4.69) is 35.3 Å². The maximum absolute atomic E-state index is 14.6. The zero-order valence-electron chi connectivity index (χ0n) is 25.2. The quantitative estimate of drug-likeness (QED) is 0.333. The van der Waals surface area contributed by atoms with Gasteiger partial charge in [-0.3, -0.25) is 0 Å². The Labute approximate surface area is 240 Å². The first-order valence-electron chi connectivity index (χ1n) is 13.9. The Morgan fingerprint density at radius 2 is 1.68 bits per heavy atom. The zero-order chi connectivity index (χ0) is 29.7. The lowest BCUT2D eigenvalue weighted by molar-refractivity contribution is 0.0168. The molecular formula is C33H45FN4O2. The number of hydrogen-bond donors (Lipinski definition) is 0. The van der Waals surface area contributed by atoms with Crippen molar-refractivity contribution in [2.75, 3.05) is 26.2 Å². The van der Waals surface area contributed by atoms with Crippen LogP contribution in [-0.4, -0.2) is 57.6 Å². The molecule has 2 heterocycles. The van der Waals surface area contributed by atoms with Crippen LogP contribution in [0.3, 0.4) is 0 Å². The van der Waals surface area contributed by atoms with Gasteiger partial charge >= 0.3 is 6.09 Å². The monoisotopic (exact) mass is 548 g/mol. The molecule has 0 N–H and O–H groups in total. The molecule has 1 aromatic heterocycles. The third-order valence-electron chi connectivity index (χ3n) is 6.40. The maximum atomic E-state index is 14.6. The smallest absolute Gasteiger partial charge is 0.410 e. The number of aryl methyl sites for hydroxylation is 1. The highest BCUT2D eigenvalue weighted by molar-refractivity contribution is 5.84. The van der Waals surface area contributed by atoms with Crippen LogP contribution in [-0.2, 0) is 11.2 Å². The minimum absolute atomic E-state index is 0.248. The summed E-state index contributed by atoms with van der Waals surface area (Å²) in [6.07, 6.45) is 12.9. The van der Waals surface area contributed by atoms with E-state index in [0.717, 1.165) is 35.3 Å². The summed E-state index contributed by atoms with van der Waals surface area (Å²) in [5.74, 6) is -0.248. The molecule has 1 aromatic carbocycles. The largest absolute Gasteiger partial charge is 0.444 e. The molecule has 1 amide bonds. The van der Waals surface area contributed by atoms with Gasteiger partial charge in [0.25, 0.3) is 0 Å². The van der Waals surface area contributed by atoms with Gasteiger partial charge in [0.05, 0.1) is 0 Å². The van der Waals surface area contributed by atoms with Crippen molar-refractivity contribution in [3.05, 3.63) is 102 Å². The molecule has 6 nitrogen and oxygen atoms in total. The molecule has 0 saturated carbocycles. The second-order valence-corrected chi connectivity index (χ2v) is 10.7. The Morgan fingerprint density at radius 3 is 2.20 bits per heavy atom. The Kier molecular flexibility index (Phi) is 12.8. The van der Waals surface area contributed by atoms with Crippen molar-refractivity contribution >= 4 is 11.7 Å². The number of hydrogen-bond acceptors (Lipinski definition) is 5. The summed E-state index contributed by atoms with van der Waals surface area (Å²) in [4.78, 5) is 24.2. The van der Waals surface area contributed by atoms with Crippen molar-refractivity contribution in [1.29, 1.82) is 0 Å². The van der Waals surface area contributed by atoms with Crippen molar-refractivity contribution in [3.63, 3.8) is 0 Å². The Hall–Kier alpha value is -3.74. The van der Waals surface area contributed by atoms with E-state index >= 15 is 0 Å². The van der Waals surface area contributed by atoms with Crippen LogP contribution in [0.1, 0.15) is 66.0 Å². The molecule has 1 saturated heterocycles. The number of nitrogens with zero attached hydrogens (tertiary/aromatic N) is 4. The third kappa shape index (κ3) is 9.78. The Morgan fingerprint density at radius 1 is 1.07 bits per heavy atom. The molecule has 1 fully saturated rings. The number of piperazine rings is 1. The number of carbonyl (C=O) groups excluding carboxylic acids is 1. The van der Waals surface area contributed by atoms with Gasteiger partial charge in [0.1, 0.15) is 17.7 Å². The summed E-state index contributed by atoms with van der Waals surface area (Å²) in [6.45, 7) is 20.1. The first-order chi connectivity index (χ1) is 19.0. The Balaban J connectivity index is 0.000000526. The minimum Gasteiger partial charge on any atom is -0.444 e. The predicted octanol–water partition coefficient (Wildman–Crippen LogP) is 7.62. The second kappa shape index (κ2) is 15.8. The maximum Gasteiger partial charge on any atom is 0.410 e. The van der Waals surface area contributed by atoms with Crippen molar-refractivity contribution < 1.29 is 13.9 Å². The van der Waals surface area contributed by atoms with Gasteiger partial charge in [-0.2, -0.15) is 0 Å². The van der Waals surface area contributed by atoms with Crippen LogP contribution in [0.5, 0.6) is 0 Å². The summed E-state index contributed by atoms with van der Waals surface area (Å²) in [7, 11) is 0. The van der Waals surface area contributed by atoms with Gasteiger partial charge in [-0.15, -0.1) is 0 Å². The lowest BCUT2D eigenvalue weighted by atomic mass is 9.90. The molecule has 0 aliphatic carbocycles. The number of rotatable bonds is 7.